The van der Waals surface area contributed by atoms with Crippen molar-refractivity contribution in [3.05, 3.63) is 29.3 Å². The number of rotatable bonds is 2. The summed E-state index contributed by atoms with van der Waals surface area (Å²) in [4.78, 5) is 2.63. The molecule has 3 heteroatoms. The first-order valence-corrected chi connectivity index (χ1v) is 8.65. The summed E-state index contributed by atoms with van der Waals surface area (Å²) in [5.74, 6) is 1.08. The summed E-state index contributed by atoms with van der Waals surface area (Å²) in [6.07, 6.45) is 4.92. The number of likely N-dealkylation sites (tertiary alicyclic amines) is 1. The van der Waals surface area contributed by atoms with Gasteiger partial charge in [-0.15, -0.1) is 0 Å². The Morgan fingerprint density at radius 3 is 2.95 bits per heavy atom. The highest BCUT2D eigenvalue weighted by Gasteiger charge is 2.38. The lowest BCUT2D eigenvalue weighted by Gasteiger charge is -2.39. The molecule has 0 amide bonds. The average Bonchev–Trinajstić information content (AvgIpc) is 3.01. The zero-order valence-corrected chi connectivity index (χ0v) is 13.9. The molecule has 1 atom stereocenters. The molecule has 1 aromatic rings. The van der Waals surface area contributed by atoms with Gasteiger partial charge in [-0.05, 0) is 56.8 Å². The Balaban J connectivity index is 1.46. The van der Waals surface area contributed by atoms with E-state index >= 15 is 0 Å². The van der Waals surface area contributed by atoms with Crippen molar-refractivity contribution in [1.29, 1.82) is 0 Å². The van der Waals surface area contributed by atoms with Gasteiger partial charge in [0.1, 0.15) is 11.4 Å². The van der Waals surface area contributed by atoms with E-state index in [4.69, 9.17) is 9.47 Å². The third-order valence-corrected chi connectivity index (χ3v) is 5.46. The number of nitrogens with zero attached hydrogens (tertiary/aromatic N) is 1. The Kier molecular flexibility index (Phi) is 3.46. The van der Waals surface area contributed by atoms with E-state index in [0.717, 1.165) is 31.9 Å². The van der Waals surface area contributed by atoms with E-state index in [9.17, 15) is 0 Å². The number of piperidine rings is 1. The maximum atomic E-state index is 5.99. The van der Waals surface area contributed by atoms with Crippen molar-refractivity contribution >= 4 is 0 Å². The highest BCUT2D eigenvalue weighted by Crippen LogP contribution is 2.39. The minimum Gasteiger partial charge on any atom is -0.487 e. The summed E-state index contributed by atoms with van der Waals surface area (Å²) in [7, 11) is 0. The van der Waals surface area contributed by atoms with Crippen LogP contribution in [0.1, 0.15) is 44.2 Å². The molecule has 0 radical (unpaired) electrons. The first kappa shape index (κ1) is 14.5. The molecule has 0 aliphatic carbocycles. The first-order valence-electron chi connectivity index (χ1n) is 8.65. The summed E-state index contributed by atoms with van der Waals surface area (Å²) >= 11 is 0. The molecular formula is C19H27NO2. The molecule has 120 valence electrons. The molecule has 2 fully saturated rings. The number of ether oxygens (including phenoxy) is 2. The second-order valence-corrected chi connectivity index (χ2v) is 8.10. The Hall–Kier alpha value is -1.06. The number of benzene rings is 1. The van der Waals surface area contributed by atoms with Gasteiger partial charge < -0.3 is 9.47 Å². The molecular weight excluding hydrogens is 274 g/mol. The third kappa shape index (κ3) is 2.77. The van der Waals surface area contributed by atoms with Crippen LogP contribution < -0.4 is 4.74 Å². The van der Waals surface area contributed by atoms with Crippen LogP contribution in [-0.2, 0) is 17.7 Å². The SMILES string of the molecule is CC1(C)Cc2cc(CN3CCC[C@@]4(CCOC4)C3)ccc2O1. The average molecular weight is 301 g/mol. The number of hydrogen-bond donors (Lipinski definition) is 0. The van der Waals surface area contributed by atoms with Gasteiger partial charge in [-0.2, -0.15) is 0 Å². The molecule has 3 heterocycles. The van der Waals surface area contributed by atoms with Crippen LogP contribution in [0.25, 0.3) is 0 Å². The lowest BCUT2D eigenvalue weighted by molar-refractivity contribution is 0.0645. The Morgan fingerprint density at radius 1 is 1.23 bits per heavy atom. The van der Waals surface area contributed by atoms with Gasteiger partial charge in [-0.1, -0.05) is 12.1 Å². The van der Waals surface area contributed by atoms with E-state index in [-0.39, 0.29) is 5.60 Å². The molecule has 0 unspecified atom stereocenters. The van der Waals surface area contributed by atoms with Crippen molar-refractivity contribution in [3.8, 4) is 5.75 Å². The summed E-state index contributed by atoms with van der Waals surface area (Å²) < 4.78 is 11.7. The molecule has 0 N–H and O–H groups in total. The van der Waals surface area contributed by atoms with E-state index in [1.54, 1.807) is 0 Å². The molecule has 3 aliphatic heterocycles. The van der Waals surface area contributed by atoms with Crippen LogP contribution in [0.3, 0.4) is 0 Å². The van der Waals surface area contributed by atoms with Crippen molar-refractivity contribution in [2.24, 2.45) is 5.41 Å². The molecule has 0 aromatic heterocycles. The predicted molar refractivity (Wildman–Crippen MR) is 87.2 cm³/mol. The van der Waals surface area contributed by atoms with Crippen LogP contribution in [0.5, 0.6) is 5.75 Å². The van der Waals surface area contributed by atoms with Gasteiger partial charge in [-0.25, -0.2) is 0 Å². The highest BCUT2D eigenvalue weighted by atomic mass is 16.5. The number of hydrogen-bond acceptors (Lipinski definition) is 3. The fourth-order valence-electron chi connectivity index (χ4n) is 4.44. The number of fused-ring (bicyclic) bond motifs is 1. The normalized spacial score (nSPS) is 30.5. The predicted octanol–water partition coefficient (Wildman–Crippen LogP) is 3.40. The largest absolute Gasteiger partial charge is 0.487 e. The molecule has 4 rings (SSSR count). The maximum absolute atomic E-state index is 5.99. The lowest BCUT2D eigenvalue weighted by atomic mass is 9.79. The van der Waals surface area contributed by atoms with Crippen LogP contribution in [0.4, 0.5) is 0 Å². The fraction of sp³-hybridized carbons (Fsp3) is 0.684. The standard InChI is InChI=1S/C19H27NO2/c1-18(2)11-16-10-15(4-5-17(16)22-18)12-20-8-3-6-19(13-20)7-9-21-14-19/h4-5,10H,3,6-9,11-14H2,1-2H3/t19-/m1/s1. The molecule has 0 saturated carbocycles. The van der Waals surface area contributed by atoms with Crippen molar-refractivity contribution < 1.29 is 9.47 Å². The molecule has 1 spiro atoms. The van der Waals surface area contributed by atoms with Gasteiger partial charge in [-0.3, -0.25) is 4.90 Å². The maximum Gasteiger partial charge on any atom is 0.123 e. The highest BCUT2D eigenvalue weighted by molar-refractivity contribution is 5.41. The van der Waals surface area contributed by atoms with E-state index in [1.165, 1.54) is 43.5 Å². The van der Waals surface area contributed by atoms with Gasteiger partial charge in [0, 0.05) is 31.5 Å². The van der Waals surface area contributed by atoms with Crippen LogP contribution in [0.2, 0.25) is 0 Å². The minimum absolute atomic E-state index is 0.0443. The van der Waals surface area contributed by atoms with Crippen LogP contribution >= 0.6 is 0 Å². The van der Waals surface area contributed by atoms with Crippen molar-refractivity contribution in [2.75, 3.05) is 26.3 Å². The lowest BCUT2D eigenvalue weighted by Crippen LogP contribution is -2.43. The molecule has 3 aliphatic rings. The molecule has 1 aromatic carbocycles. The second-order valence-electron chi connectivity index (χ2n) is 8.10. The summed E-state index contributed by atoms with van der Waals surface area (Å²) in [6.45, 7) is 9.75. The van der Waals surface area contributed by atoms with Crippen LogP contribution in [0.15, 0.2) is 18.2 Å². The smallest absolute Gasteiger partial charge is 0.123 e. The quantitative estimate of drug-likeness (QED) is 0.835. The Morgan fingerprint density at radius 2 is 2.14 bits per heavy atom. The summed E-state index contributed by atoms with van der Waals surface area (Å²) in [5.41, 5.74) is 3.20. The van der Waals surface area contributed by atoms with Crippen molar-refractivity contribution in [2.45, 2.75) is 51.7 Å². The minimum atomic E-state index is -0.0443. The Labute approximate surface area is 133 Å². The van der Waals surface area contributed by atoms with Gasteiger partial charge in [0.05, 0.1) is 6.61 Å². The van der Waals surface area contributed by atoms with Gasteiger partial charge >= 0.3 is 0 Å². The summed E-state index contributed by atoms with van der Waals surface area (Å²) in [5, 5.41) is 0. The van der Waals surface area contributed by atoms with Crippen molar-refractivity contribution in [3.63, 3.8) is 0 Å². The van der Waals surface area contributed by atoms with Crippen LogP contribution in [-0.4, -0.2) is 36.8 Å². The van der Waals surface area contributed by atoms with E-state index in [1.807, 2.05) is 0 Å². The molecule has 3 nitrogen and oxygen atoms in total. The molecule has 22 heavy (non-hydrogen) atoms. The zero-order chi connectivity index (χ0) is 15.2. The topological polar surface area (TPSA) is 21.7 Å². The van der Waals surface area contributed by atoms with Crippen molar-refractivity contribution in [1.82, 2.24) is 4.90 Å². The molecule has 2 saturated heterocycles. The van der Waals surface area contributed by atoms with Gasteiger partial charge in [0.15, 0.2) is 0 Å². The zero-order valence-electron chi connectivity index (χ0n) is 13.9. The van der Waals surface area contributed by atoms with Crippen LogP contribution in [0, 0.1) is 5.41 Å². The Bertz CT molecular complexity index is 561. The van der Waals surface area contributed by atoms with E-state index in [0.29, 0.717) is 5.41 Å². The third-order valence-electron chi connectivity index (χ3n) is 5.46. The fourth-order valence-corrected chi connectivity index (χ4v) is 4.44. The van der Waals surface area contributed by atoms with Gasteiger partial charge in [0.25, 0.3) is 0 Å². The monoisotopic (exact) mass is 301 g/mol. The van der Waals surface area contributed by atoms with E-state index < -0.39 is 0 Å². The molecule has 0 bridgehead atoms. The summed E-state index contributed by atoms with van der Waals surface area (Å²) in [6, 6.07) is 6.76. The second kappa shape index (κ2) is 5.24. The van der Waals surface area contributed by atoms with Gasteiger partial charge in [0.2, 0.25) is 0 Å². The first-order chi connectivity index (χ1) is 10.5. The van der Waals surface area contributed by atoms with E-state index in [2.05, 4.69) is 36.9 Å².